The van der Waals surface area contributed by atoms with Gasteiger partial charge in [0.05, 0.1) is 0 Å². The van der Waals surface area contributed by atoms with Gasteiger partial charge in [-0.1, -0.05) is 6.07 Å². The standard InChI is InChI=1S/C12H9F2N3O2/c13-9-2-1-7(3-10(9)14)5-19-12-8(4-18)11(15)16-6-17-12/h1-4,6H,5H2,(H2,15,16,17). The van der Waals surface area contributed by atoms with Crippen molar-refractivity contribution in [3.8, 4) is 5.88 Å². The number of nitrogen functional groups attached to an aromatic ring is 1. The van der Waals surface area contributed by atoms with Crippen LogP contribution in [-0.2, 0) is 6.61 Å². The summed E-state index contributed by atoms with van der Waals surface area (Å²) < 4.78 is 31.0. The molecule has 2 rings (SSSR count). The van der Waals surface area contributed by atoms with Gasteiger partial charge >= 0.3 is 0 Å². The predicted octanol–water partition coefficient (Wildman–Crippen LogP) is 1.73. The van der Waals surface area contributed by atoms with Crippen LogP contribution in [0, 0.1) is 11.6 Å². The smallest absolute Gasteiger partial charge is 0.229 e. The number of aldehydes is 1. The van der Waals surface area contributed by atoms with Crippen molar-refractivity contribution in [1.82, 2.24) is 9.97 Å². The number of nitrogens with zero attached hydrogens (tertiary/aromatic N) is 2. The molecular formula is C12H9F2N3O2. The van der Waals surface area contributed by atoms with E-state index in [2.05, 4.69) is 9.97 Å². The topological polar surface area (TPSA) is 78.1 Å². The largest absolute Gasteiger partial charge is 0.472 e. The normalized spacial score (nSPS) is 10.2. The Bertz CT molecular complexity index is 620. The fourth-order valence-electron chi connectivity index (χ4n) is 1.40. The van der Waals surface area contributed by atoms with E-state index in [1.165, 1.54) is 6.07 Å². The minimum Gasteiger partial charge on any atom is -0.472 e. The lowest BCUT2D eigenvalue weighted by molar-refractivity contribution is 0.111. The van der Waals surface area contributed by atoms with Crippen molar-refractivity contribution in [2.75, 3.05) is 5.73 Å². The molecule has 0 saturated heterocycles. The van der Waals surface area contributed by atoms with Gasteiger partial charge in [-0.3, -0.25) is 4.79 Å². The molecule has 1 aromatic heterocycles. The van der Waals surface area contributed by atoms with Gasteiger partial charge in [0.2, 0.25) is 5.88 Å². The zero-order valence-corrected chi connectivity index (χ0v) is 9.64. The number of hydrogen-bond donors (Lipinski definition) is 1. The first-order valence-electron chi connectivity index (χ1n) is 5.24. The molecule has 2 aromatic rings. The van der Waals surface area contributed by atoms with E-state index >= 15 is 0 Å². The zero-order chi connectivity index (χ0) is 13.8. The van der Waals surface area contributed by atoms with Crippen LogP contribution in [0.1, 0.15) is 15.9 Å². The highest BCUT2D eigenvalue weighted by atomic mass is 19.2. The number of benzene rings is 1. The summed E-state index contributed by atoms with van der Waals surface area (Å²) in [4.78, 5) is 18.2. The van der Waals surface area contributed by atoms with Gasteiger partial charge in [-0.25, -0.2) is 18.7 Å². The Morgan fingerprint density at radius 3 is 2.74 bits per heavy atom. The molecule has 0 unspecified atom stereocenters. The molecule has 0 atom stereocenters. The maximum Gasteiger partial charge on any atom is 0.229 e. The van der Waals surface area contributed by atoms with Crippen molar-refractivity contribution >= 4 is 12.1 Å². The summed E-state index contributed by atoms with van der Waals surface area (Å²) in [6.07, 6.45) is 1.61. The van der Waals surface area contributed by atoms with E-state index in [-0.39, 0.29) is 23.9 Å². The van der Waals surface area contributed by atoms with Gasteiger partial charge in [-0.2, -0.15) is 0 Å². The molecule has 0 saturated carbocycles. The molecule has 1 heterocycles. The number of aromatic nitrogens is 2. The van der Waals surface area contributed by atoms with Gasteiger partial charge < -0.3 is 10.5 Å². The van der Waals surface area contributed by atoms with Crippen molar-refractivity contribution in [2.24, 2.45) is 0 Å². The van der Waals surface area contributed by atoms with Crippen molar-refractivity contribution in [3.05, 3.63) is 47.3 Å². The fourth-order valence-corrected chi connectivity index (χ4v) is 1.40. The molecule has 1 aromatic carbocycles. The third kappa shape index (κ3) is 2.82. The first-order chi connectivity index (χ1) is 9.11. The van der Waals surface area contributed by atoms with E-state index in [1.54, 1.807) is 0 Å². The van der Waals surface area contributed by atoms with Gasteiger partial charge in [-0.05, 0) is 17.7 Å². The Morgan fingerprint density at radius 1 is 1.26 bits per heavy atom. The number of hydrogen-bond acceptors (Lipinski definition) is 5. The Balaban J connectivity index is 2.16. The molecular weight excluding hydrogens is 256 g/mol. The van der Waals surface area contributed by atoms with Crippen LogP contribution in [-0.4, -0.2) is 16.3 Å². The second kappa shape index (κ2) is 5.38. The third-order valence-corrected chi connectivity index (χ3v) is 2.36. The Labute approximate surface area is 107 Å². The molecule has 0 aliphatic carbocycles. The van der Waals surface area contributed by atoms with Crippen LogP contribution in [0.25, 0.3) is 0 Å². The molecule has 19 heavy (non-hydrogen) atoms. The summed E-state index contributed by atoms with van der Waals surface area (Å²) in [6, 6.07) is 3.35. The summed E-state index contributed by atoms with van der Waals surface area (Å²) >= 11 is 0. The molecule has 0 bridgehead atoms. The Hall–Kier alpha value is -2.57. The van der Waals surface area contributed by atoms with Crippen molar-refractivity contribution in [1.29, 1.82) is 0 Å². The van der Waals surface area contributed by atoms with Gasteiger partial charge in [-0.15, -0.1) is 0 Å². The molecule has 98 valence electrons. The van der Waals surface area contributed by atoms with Crippen molar-refractivity contribution in [3.63, 3.8) is 0 Å². The number of rotatable bonds is 4. The second-order valence-corrected chi connectivity index (χ2v) is 3.63. The quantitative estimate of drug-likeness (QED) is 0.852. The van der Waals surface area contributed by atoms with Gasteiger partial charge in [0.1, 0.15) is 24.3 Å². The number of nitrogens with two attached hydrogens (primary N) is 1. The number of halogens is 2. The van der Waals surface area contributed by atoms with Crippen LogP contribution in [0.3, 0.4) is 0 Å². The second-order valence-electron chi connectivity index (χ2n) is 3.63. The molecule has 2 N–H and O–H groups in total. The molecule has 0 radical (unpaired) electrons. The lowest BCUT2D eigenvalue weighted by atomic mass is 10.2. The molecule has 7 heteroatoms. The van der Waals surface area contributed by atoms with E-state index < -0.39 is 11.6 Å². The van der Waals surface area contributed by atoms with Crippen molar-refractivity contribution < 1.29 is 18.3 Å². The Kier molecular flexibility index (Phi) is 3.65. The summed E-state index contributed by atoms with van der Waals surface area (Å²) in [5.74, 6) is -1.93. The average Bonchev–Trinajstić information content (AvgIpc) is 2.40. The summed E-state index contributed by atoms with van der Waals surface area (Å²) in [5, 5.41) is 0. The lowest BCUT2D eigenvalue weighted by Gasteiger charge is -2.08. The number of ether oxygens (including phenoxy) is 1. The summed E-state index contributed by atoms with van der Waals surface area (Å²) in [5.41, 5.74) is 5.89. The molecule has 5 nitrogen and oxygen atoms in total. The minimum absolute atomic E-state index is 0.00719. The fraction of sp³-hybridized carbons (Fsp3) is 0.0833. The van der Waals surface area contributed by atoms with E-state index in [0.717, 1.165) is 18.5 Å². The first kappa shape index (κ1) is 12.9. The highest BCUT2D eigenvalue weighted by Crippen LogP contribution is 2.18. The van der Waals surface area contributed by atoms with Crippen LogP contribution in [0.5, 0.6) is 5.88 Å². The van der Waals surface area contributed by atoms with Crippen LogP contribution in [0.4, 0.5) is 14.6 Å². The van der Waals surface area contributed by atoms with Crippen LogP contribution >= 0.6 is 0 Å². The highest BCUT2D eigenvalue weighted by molar-refractivity contribution is 5.84. The van der Waals surface area contributed by atoms with Crippen molar-refractivity contribution in [2.45, 2.75) is 6.61 Å². The van der Waals surface area contributed by atoms with Gasteiger partial charge in [0.15, 0.2) is 17.9 Å². The number of carbonyl (C=O) groups excluding carboxylic acids is 1. The SMILES string of the molecule is Nc1ncnc(OCc2ccc(F)c(F)c2)c1C=O. The summed E-state index contributed by atoms with van der Waals surface area (Å²) in [6.45, 7) is -0.0749. The number of carbonyl (C=O) groups is 1. The molecule has 0 amide bonds. The molecule has 0 aliphatic rings. The molecule has 0 aliphatic heterocycles. The lowest BCUT2D eigenvalue weighted by Crippen LogP contribution is -2.05. The van der Waals surface area contributed by atoms with Crippen LogP contribution in [0.15, 0.2) is 24.5 Å². The predicted molar refractivity (Wildman–Crippen MR) is 62.5 cm³/mol. The van der Waals surface area contributed by atoms with E-state index in [1.807, 2.05) is 0 Å². The maximum atomic E-state index is 13.0. The summed E-state index contributed by atoms with van der Waals surface area (Å²) in [7, 11) is 0. The van der Waals surface area contributed by atoms with Crippen LogP contribution < -0.4 is 10.5 Å². The van der Waals surface area contributed by atoms with E-state index in [0.29, 0.717) is 11.8 Å². The third-order valence-electron chi connectivity index (χ3n) is 2.36. The zero-order valence-electron chi connectivity index (χ0n) is 9.64. The Morgan fingerprint density at radius 2 is 2.05 bits per heavy atom. The minimum atomic E-state index is -0.973. The maximum absolute atomic E-state index is 13.0. The van der Waals surface area contributed by atoms with Gasteiger partial charge in [0.25, 0.3) is 0 Å². The van der Waals surface area contributed by atoms with Gasteiger partial charge in [0, 0.05) is 0 Å². The molecule has 0 fully saturated rings. The average molecular weight is 265 g/mol. The number of anilines is 1. The monoisotopic (exact) mass is 265 g/mol. The van der Waals surface area contributed by atoms with E-state index in [9.17, 15) is 13.6 Å². The van der Waals surface area contributed by atoms with Crippen LogP contribution in [0.2, 0.25) is 0 Å². The molecule has 0 spiro atoms. The van der Waals surface area contributed by atoms with E-state index in [4.69, 9.17) is 10.5 Å². The first-order valence-corrected chi connectivity index (χ1v) is 5.24. The highest BCUT2D eigenvalue weighted by Gasteiger charge is 2.10.